The Kier molecular flexibility index (Phi) is 5.68. The van der Waals surface area contributed by atoms with Gasteiger partial charge in [-0.05, 0) is 42.3 Å². The number of nitrogens with one attached hydrogen (secondary N) is 1. The van der Waals surface area contributed by atoms with Crippen molar-refractivity contribution in [3.05, 3.63) is 68.1 Å². The molecule has 0 aliphatic rings. The first-order chi connectivity index (χ1) is 9.95. The van der Waals surface area contributed by atoms with Crippen molar-refractivity contribution in [1.29, 1.82) is 0 Å². The summed E-state index contributed by atoms with van der Waals surface area (Å²) in [5.74, 6) is -0.0520. The van der Waals surface area contributed by atoms with E-state index in [0.717, 1.165) is 15.6 Å². The Morgan fingerprint density at radius 2 is 1.81 bits per heavy atom. The summed E-state index contributed by atoms with van der Waals surface area (Å²) in [6.07, 6.45) is 0.276. The number of amides is 1. The van der Waals surface area contributed by atoms with Crippen LogP contribution in [0, 0.1) is 0 Å². The molecule has 0 unspecified atom stereocenters. The lowest BCUT2D eigenvalue weighted by molar-refractivity contribution is -0.121. The zero-order valence-electron chi connectivity index (χ0n) is 11.4. The molecule has 0 radical (unpaired) electrons. The average Bonchev–Trinajstić information content (AvgIpc) is 2.43. The highest BCUT2D eigenvalue weighted by Crippen LogP contribution is 2.23. The number of hydrogen-bond donors (Lipinski definition) is 1. The van der Waals surface area contributed by atoms with Crippen molar-refractivity contribution in [2.24, 2.45) is 0 Å². The van der Waals surface area contributed by atoms with Crippen LogP contribution in [0.1, 0.15) is 24.1 Å². The number of carbonyl (C=O) groups excluding carboxylic acids is 1. The Bertz CT molecular complexity index is 643. The van der Waals surface area contributed by atoms with Gasteiger partial charge >= 0.3 is 0 Å². The molecule has 1 N–H and O–H groups in total. The maximum absolute atomic E-state index is 12.1. The van der Waals surface area contributed by atoms with Crippen LogP contribution in [-0.4, -0.2) is 5.91 Å². The molecule has 2 aromatic rings. The van der Waals surface area contributed by atoms with Crippen molar-refractivity contribution >= 4 is 45.0 Å². The minimum absolute atomic E-state index is 0.0478. The molecule has 0 aliphatic heterocycles. The van der Waals surface area contributed by atoms with E-state index in [1.165, 1.54) is 0 Å². The molecule has 2 nitrogen and oxygen atoms in total. The Hall–Kier alpha value is -1.03. The minimum Gasteiger partial charge on any atom is -0.349 e. The average molecular weight is 387 g/mol. The summed E-state index contributed by atoms with van der Waals surface area (Å²) < 4.78 is 1.01. The first kappa shape index (κ1) is 16.3. The van der Waals surface area contributed by atoms with E-state index in [0.29, 0.717) is 10.0 Å². The lowest BCUT2D eigenvalue weighted by Crippen LogP contribution is -2.28. The molecule has 0 saturated carbocycles. The normalized spacial score (nSPS) is 12.0. The fraction of sp³-hybridized carbons (Fsp3) is 0.188. The molecule has 1 amide bonds. The van der Waals surface area contributed by atoms with Crippen LogP contribution in [0.3, 0.4) is 0 Å². The first-order valence-corrected chi connectivity index (χ1v) is 7.99. The van der Waals surface area contributed by atoms with Crippen molar-refractivity contribution in [3.63, 3.8) is 0 Å². The summed E-state index contributed by atoms with van der Waals surface area (Å²) in [5, 5.41) is 3.92. The largest absolute Gasteiger partial charge is 0.349 e. The highest BCUT2D eigenvalue weighted by molar-refractivity contribution is 9.10. The molecular formula is C16H14BrCl2NO. The van der Waals surface area contributed by atoms with E-state index in [-0.39, 0.29) is 18.4 Å². The molecular weight excluding hydrogens is 373 g/mol. The summed E-state index contributed by atoms with van der Waals surface area (Å²) in [7, 11) is 0. The van der Waals surface area contributed by atoms with E-state index in [4.69, 9.17) is 23.2 Å². The second-order valence-corrected chi connectivity index (χ2v) is 6.50. The summed E-state index contributed by atoms with van der Waals surface area (Å²) in [6, 6.07) is 13.0. The van der Waals surface area contributed by atoms with E-state index in [1.54, 1.807) is 18.2 Å². The molecule has 1 atom stereocenters. The van der Waals surface area contributed by atoms with Gasteiger partial charge in [0.05, 0.1) is 22.5 Å². The molecule has 0 heterocycles. The molecule has 21 heavy (non-hydrogen) atoms. The second-order valence-electron chi connectivity index (χ2n) is 4.77. The van der Waals surface area contributed by atoms with Gasteiger partial charge in [-0.3, -0.25) is 4.79 Å². The van der Waals surface area contributed by atoms with Crippen LogP contribution < -0.4 is 5.32 Å². The van der Waals surface area contributed by atoms with Gasteiger partial charge < -0.3 is 5.32 Å². The van der Waals surface area contributed by atoms with Crippen LogP contribution in [-0.2, 0) is 11.2 Å². The standard InChI is InChI=1S/C16H14BrCl2NO/c1-10(12-3-5-13(17)6-4-12)20-16(21)9-11-2-7-14(18)15(19)8-11/h2-8,10H,9H2,1H3,(H,20,21)/t10-/m1/s1. The molecule has 2 rings (SSSR count). The second kappa shape index (κ2) is 7.30. The molecule has 2 aromatic carbocycles. The number of carbonyl (C=O) groups is 1. The van der Waals surface area contributed by atoms with Gasteiger partial charge in [-0.2, -0.15) is 0 Å². The van der Waals surface area contributed by atoms with Gasteiger partial charge in [0.2, 0.25) is 5.91 Å². The van der Waals surface area contributed by atoms with E-state index in [2.05, 4.69) is 21.2 Å². The van der Waals surface area contributed by atoms with Gasteiger partial charge in [0.15, 0.2) is 0 Å². The lowest BCUT2D eigenvalue weighted by Gasteiger charge is -2.14. The van der Waals surface area contributed by atoms with Crippen LogP contribution in [0.2, 0.25) is 10.0 Å². The van der Waals surface area contributed by atoms with Crippen molar-refractivity contribution < 1.29 is 4.79 Å². The highest BCUT2D eigenvalue weighted by atomic mass is 79.9. The third kappa shape index (κ3) is 4.73. The van der Waals surface area contributed by atoms with Crippen LogP contribution in [0.4, 0.5) is 0 Å². The molecule has 0 aliphatic carbocycles. The lowest BCUT2D eigenvalue weighted by atomic mass is 10.1. The maximum atomic E-state index is 12.1. The molecule has 0 spiro atoms. The monoisotopic (exact) mass is 385 g/mol. The first-order valence-electron chi connectivity index (χ1n) is 6.44. The number of rotatable bonds is 4. The molecule has 0 bridgehead atoms. The van der Waals surface area contributed by atoms with Gasteiger partial charge in [0.25, 0.3) is 0 Å². The van der Waals surface area contributed by atoms with Gasteiger partial charge in [0, 0.05) is 4.47 Å². The smallest absolute Gasteiger partial charge is 0.224 e. The third-order valence-corrected chi connectivity index (χ3v) is 4.36. The van der Waals surface area contributed by atoms with Gasteiger partial charge in [-0.25, -0.2) is 0 Å². The van der Waals surface area contributed by atoms with Crippen molar-refractivity contribution in [1.82, 2.24) is 5.32 Å². The Morgan fingerprint density at radius 3 is 2.43 bits per heavy atom. The zero-order chi connectivity index (χ0) is 15.4. The van der Waals surface area contributed by atoms with E-state index in [9.17, 15) is 4.79 Å². The molecule has 110 valence electrons. The van der Waals surface area contributed by atoms with Gasteiger partial charge in [-0.15, -0.1) is 0 Å². The van der Waals surface area contributed by atoms with E-state index >= 15 is 0 Å². The van der Waals surface area contributed by atoms with E-state index in [1.807, 2.05) is 31.2 Å². The zero-order valence-corrected chi connectivity index (χ0v) is 14.5. The Labute approximate surface area is 142 Å². The van der Waals surface area contributed by atoms with Crippen molar-refractivity contribution in [2.75, 3.05) is 0 Å². The Morgan fingerprint density at radius 1 is 1.14 bits per heavy atom. The summed E-state index contributed by atoms with van der Waals surface area (Å²) >= 11 is 15.2. The number of benzene rings is 2. The van der Waals surface area contributed by atoms with Crippen LogP contribution >= 0.6 is 39.1 Å². The number of halogens is 3. The predicted molar refractivity (Wildman–Crippen MR) is 90.9 cm³/mol. The highest BCUT2D eigenvalue weighted by Gasteiger charge is 2.11. The fourth-order valence-corrected chi connectivity index (χ4v) is 2.55. The summed E-state index contributed by atoms with van der Waals surface area (Å²) in [4.78, 5) is 12.1. The van der Waals surface area contributed by atoms with Crippen LogP contribution in [0.15, 0.2) is 46.9 Å². The molecule has 0 aromatic heterocycles. The maximum Gasteiger partial charge on any atom is 0.224 e. The van der Waals surface area contributed by atoms with Gasteiger partial charge in [0.1, 0.15) is 0 Å². The SMILES string of the molecule is C[C@@H](NC(=O)Cc1ccc(Cl)c(Cl)c1)c1ccc(Br)cc1. The number of hydrogen-bond acceptors (Lipinski definition) is 1. The van der Waals surface area contributed by atoms with Crippen LogP contribution in [0.5, 0.6) is 0 Å². The van der Waals surface area contributed by atoms with Crippen LogP contribution in [0.25, 0.3) is 0 Å². The topological polar surface area (TPSA) is 29.1 Å². The fourth-order valence-electron chi connectivity index (χ4n) is 1.96. The molecule has 0 saturated heterocycles. The third-order valence-electron chi connectivity index (χ3n) is 3.10. The molecule has 0 fully saturated rings. The minimum atomic E-state index is -0.0520. The Balaban J connectivity index is 1.97. The summed E-state index contributed by atoms with van der Waals surface area (Å²) in [6.45, 7) is 1.95. The summed E-state index contributed by atoms with van der Waals surface area (Å²) in [5.41, 5.74) is 1.89. The van der Waals surface area contributed by atoms with Crippen molar-refractivity contribution in [3.8, 4) is 0 Å². The van der Waals surface area contributed by atoms with Crippen molar-refractivity contribution in [2.45, 2.75) is 19.4 Å². The van der Waals surface area contributed by atoms with E-state index < -0.39 is 0 Å². The quantitative estimate of drug-likeness (QED) is 0.770. The predicted octanol–water partition coefficient (Wildman–Crippen LogP) is 5.18. The molecule has 5 heteroatoms. The van der Waals surface area contributed by atoms with Gasteiger partial charge in [-0.1, -0.05) is 57.3 Å².